The molecule has 2 N–H and O–H groups in total. The Morgan fingerprint density at radius 1 is 1.00 bits per heavy atom. The van der Waals surface area contributed by atoms with E-state index in [4.69, 9.17) is 4.74 Å². The fraction of sp³-hybridized carbons (Fsp3) is 0.696. The summed E-state index contributed by atoms with van der Waals surface area (Å²) in [5.74, 6) is -0.571. The van der Waals surface area contributed by atoms with Gasteiger partial charge in [0.15, 0.2) is 0 Å². The van der Waals surface area contributed by atoms with E-state index in [9.17, 15) is 14.4 Å². The van der Waals surface area contributed by atoms with Crippen molar-refractivity contribution in [1.82, 2.24) is 10.2 Å². The third kappa shape index (κ3) is 6.95. The first-order chi connectivity index (χ1) is 15.1. The molecule has 31 heavy (non-hydrogen) atoms. The van der Waals surface area contributed by atoms with Crippen LogP contribution >= 0.6 is 11.3 Å². The molecule has 1 aromatic rings. The fourth-order valence-corrected chi connectivity index (χ4v) is 5.46. The van der Waals surface area contributed by atoms with Crippen molar-refractivity contribution in [3.05, 3.63) is 17.0 Å². The number of thiophene rings is 1. The van der Waals surface area contributed by atoms with Crippen molar-refractivity contribution in [3.63, 3.8) is 0 Å². The Kier molecular flexibility index (Phi) is 9.18. The summed E-state index contributed by atoms with van der Waals surface area (Å²) in [4.78, 5) is 39.6. The number of urea groups is 1. The third-order valence-corrected chi connectivity index (χ3v) is 7.15. The molecule has 7 nitrogen and oxygen atoms in total. The molecule has 0 aliphatic heterocycles. The first-order valence-electron chi connectivity index (χ1n) is 11.7. The maximum atomic E-state index is 13.3. The van der Waals surface area contributed by atoms with E-state index in [2.05, 4.69) is 15.5 Å². The van der Waals surface area contributed by atoms with Gasteiger partial charge < -0.3 is 15.0 Å². The van der Waals surface area contributed by atoms with Crippen LogP contribution in [0.1, 0.15) is 87.2 Å². The van der Waals surface area contributed by atoms with Gasteiger partial charge in [0.05, 0.1) is 22.9 Å². The van der Waals surface area contributed by atoms with E-state index in [1.54, 1.807) is 19.1 Å². The molecule has 0 spiro atoms. The molecule has 1 heterocycles. The second-order valence-corrected chi connectivity index (χ2v) is 9.48. The number of rotatable bonds is 8. The summed E-state index contributed by atoms with van der Waals surface area (Å²) in [6.45, 7) is 2.31. The number of carbonyl (C=O) groups excluding carboxylic acids is 3. The first kappa shape index (κ1) is 23.6. The number of carbonyl (C=O) groups is 3. The van der Waals surface area contributed by atoms with Crippen molar-refractivity contribution in [1.29, 1.82) is 0 Å². The quantitative estimate of drug-likeness (QED) is 0.551. The van der Waals surface area contributed by atoms with Gasteiger partial charge in [0.1, 0.15) is 0 Å². The first-order valence-corrected chi connectivity index (χ1v) is 12.5. The Morgan fingerprint density at radius 2 is 1.61 bits per heavy atom. The van der Waals surface area contributed by atoms with Gasteiger partial charge >= 0.3 is 12.0 Å². The lowest BCUT2D eigenvalue weighted by Crippen LogP contribution is -2.50. The highest BCUT2D eigenvalue weighted by Gasteiger charge is 2.32. The molecule has 2 aliphatic rings. The van der Waals surface area contributed by atoms with E-state index in [0.717, 1.165) is 25.7 Å². The summed E-state index contributed by atoms with van der Waals surface area (Å²) in [7, 11) is 0. The van der Waals surface area contributed by atoms with Crippen LogP contribution in [0.15, 0.2) is 12.1 Å². The number of ether oxygens (including phenoxy) is 1. The average Bonchev–Trinajstić information content (AvgIpc) is 3.24. The van der Waals surface area contributed by atoms with Gasteiger partial charge in [-0.15, -0.1) is 11.3 Å². The van der Waals surface area contributed by atoms with Crippen molar-refractivity contribution >= 4 is 34.2 Å². The molecule has 0 radical (unpaired) electrons. The summed E-state index contributed by atoms with van der Waals surface area (Å²) in [6, 6.07) is 4.11. The number of nitrogens with zero attached hydrogens (tertiary/aromatic N) is 1. The van der Waals surface area contributed by atoms with E-state index in [1.807, 2.05) is 0 Å². The Morgan fingerprint density at radius 3 is 2.19 bits per heavy atom. The summed E-state index contributed by atoms with van der Waals surface area (Å²) in [5, 5.41) is 6.46. The molecule has 2 aliphatic carbocycles. The van der Waals surface area contributed by atoms with Crippen LogP contribution in [-0.2, 0) is 9.53 Å². The van der Waals surface area contributed by atoms with Crippen molar-refractivity contribution < 1.29 is 19.1 Å². The second kappa shape index (κ2) is 12.1. The summed E-state index contributed by atoms with van der Waals surface area (Å²) in [6.07, 6.45) is 11.8. The molecule has 172 valence electrons. The maximum Gasteiger partial charge on any atom is 0.322 e. The highest BCUT2D eigenvalue weighted by atomic mass is 32.1. The summed E-state index contributed by atoms with van der Waals surface area (Å²) in [5.41, 5.74) is 0. The molecule has 0 saturated heterocycles. The number of anilines is 1. The van der Waals surface area contributed by atoms with Crippen LogP contribution in [-0.4, -0.2) is 48.0 Å². The zero-order valence-corrected chi connectivity index (χ0v) is 19.3. The lowest BCUT2D eigenvalue weighted by atomic mass is 9.89. The molecule has 1 aromatic heterocycles. The largest absolute Gasteiger partial charge is 0.466 e. The number of esters is 1. The lowest BCUT2D eigenvalue weighted by Gasteiger charge is -2.41. The van der Waals surface area contributed by atoms with Crippen LogP contribution in [0.3, 0.4) is 0 Å². The molecule has 0 bridgehead atoms. The highest BCUT2D eigenvalue weighted by Crippen LogP contribution is 2.31. The lowest BCUT2D eigenvalue weighted by molar-refractivity contribution is -0.142. The predicted octanol–water partition coefficient (Wildman–Crippen LogP) is 4.93. The third-order valence-electron chi connectivity index (χ3n) is 6.15. The van der Waals surface area contributed by atoms with Crippen molar-refractivity contribution in [3.8, 4) is 0 Å². The molecule has 0 aromatic carbocycles. The van der Waals surface area contributed by atoms with Gasteiger partial charge in [-0.05, 0) is 44.7 Å². The van der Waals surface area contributed by atoms with Crippen molar-refractivity contribution in [2.45, 2.75) is 89.6 Å². The molecule has 3 amide bonds. The minimum absolute atomic E-state index is 0.0325. The Balaban J connectivity index is 1.57. The van der Waals surface area contributed by atoms with Crippen molar-refractivity contribution in [2.75, 3.05) is 18.5 Å². The molecular formula is C23H35N3O4S. The maximum absolute atomic E-state index is 13.3. The molecule has 8 heteroatoms. The SMILES string of the molecule is CCOC(=O)CCNC(=O)c1ccc(NC(=O)N(C2CCCCC2)C2CCCCC2)s1. The zero-order chi connectivity index (χ0) is 22.1. The summed E-state index contributed by atoms with van der Waals surface area (Å²) < 4.78 is 4.86. The van der Waals surface area contributed by atoms with E-state index in [-0.39, 0.29) is 30.9 Å². The van der Waals surface area contributed by atoms with Crippen LogP contribution in [0, 0.1) is 0 Å². The number of nitrogens with one attached hydrogen (secondary N) is 2. The average molecular weight is 450 g/mol. The molecule has 0 unspecified atom stereocenters. The molecule has 2 fully saturated rings. The molecule has 3 rings (SSSR count). The summed E-state index contributed by atoms with van der Waals surface area (Å²) >= 11 is 1.26. The highest BCUT2D eigenvalue weighted by molar-refractivity contribution is 7.18. The Hall–Kier alpha value is -2.09. The topological polar surface area (TPSA) is 87.7 Å². The van der Waals surface area contributed by atoms with Gasteiger partial charge in [0.2, 0.25) is 0 Å². The van der Waals surface area contributed by atoms with E-state index in [0.29, 0.717) is 28.6 Å². The fourth-order valence-electron chi connectivity index (χ4n) is 4.64. The normalized spacial score (nSPS) is 17.7. The van der Waals surface area contributed by atoms with E-state index in [1.165, 1.54) is 49.9 Å². The van der Waals surface area contributed by atoms with Crippen LogP contribution in [0.4, 0.5) is 9.80 Å². The smallest absolute Gasteiger partial charge is 0.322 e. The second-order valence-electron chi connectivity index (χ2n) is 8.40. The Labute approximate surface area is 188 Å². The van der Waals surface area contributed by atoms with Gasteiger partial charge in [-0.2, -0.15) is 0 Å². The van der Waals surface area contributed by atoms with Crippen LogP contribution in [0.2, 0.25) is 0 Å². The van der Waals surface area contributed by atoms with Gasteiger partial charge in [0.25, 0.3) is 5.91 Å². The monoisotopic (exact) mass is 449 g/mol. The molecular weight excluding hydrogens is 414 g/mol. The van der Waals surface area contributed by atoms with E-state index >= 15 is 0 Å². The number of amides is 3. The standard InChI is InChI=1S/C23H35N3O4S/c1-2-30-21(27)15-16-24-22(28)19-13-14-20(31-19)25-23(29)26(17-9-5-3-6-10-17)18-11-7-4-8-12-18/h13-14,17-18H,2-12,15-16H2,1H3,(H,24,28)(H,25,29). The Bertz CT molecular complexity index is 721. The van der Waals surface area contributed by atoms with Gasteiger partial charge in [-0.3, -0.25) is 14.9 Å². The minimum atomic E-state index is -0.326. The van der Waals surface area contributed by atoms with Gasteiger partial charge in [-0.25, -0.2) is 4.79 Å². The molecule has 2 saturated carbocycles. The predicted molar refractivity (Wildman–Crippen MR) is 123 cm³/mol. The van der Waals surface area contributed by atoms with Crippen LogP contribution in [0.5, 0.6) is 0 Å². The zero-order valence-electron chi connectivity index (χ0n) is 18.5. The van der Waals surface area contributed by atoms with Crippen LogP contribution in [0.25, 0.3) is 0 Å². The van der Waals surface area contributed by atoms with Crippen LogP contribution < -0.4 is 10.6 Å². The van der Waals surface area contributed by atoms with Gasteiger partial charge in [-0.1, -0.05) is 38.5 Å². The minimum Gasteiger partial charge on any atom is -0.466 e. The van der Waals surface area contributed by atoms with E-state index < -0.39 is 0 Å². The van der Waals surface area contributed by atoms with Crippen molar-refractivity contribution in [2.24, 2.45) is 0 Å². The number of hydrogen-bond donors (Lipinski definition) is 2. The van der Waals surface area contributed by atoms with Gasteiger partial charge in [0, 0.05) is 18.6 Å². The number of hydrogen-bond acceptors (Lipinski definition) is 5. The molecule has 0 atom stereocenters.